The van der Waals surface area contributed by atoms with Gasteiger partial charge in [-0.25, -0.2) is 4.39 Å². The average molecular weight is 282 g/mol. The summed E-state index contributed by atoms with van der Waals surface area (Å²) in [5, 5.41) is 5.94. The Hall–Kier alpha value is -1.66. The minimum atomic E-state index is -0.401. The summed E-state index contributed by atoms with van der Waals surface area (Å²) >= 11 is 0. The number of hydrogen-bond donors (Lipinski definition) is 2. The Bertz CT molecular complexity index is 436. The lowest BCUT2D eigenvalue weighted by Crippen LogP contribution is -2.44. The van der Waals surface area contributed by atoms with Gasteiger partial charge in [-0.05, 0) is 12.1 Å². The fraction of sp³-hybridized carbons (Fsp3) is 0.500. The van der Waals surface area contributed by atoms with Crippen LogP contribution in [0.2, 0.25) is 0 Å². The number of carbonyl (C=O) groups excluding carboxylic acids is 1. The number of nitrogens with one attached hydrogen (secondary N) is 2. The molecule has 0 bridgehead atoms. The molecule has 1 saturated heterocycles. The highest BCUT2D eigenvalue weighted by Gasteiger charge is 2.16. The quantitative estimate of drug-likeness (QED) is 0.754. The maximum Gasteiger partial charge on any atom is 0.221 e. The highest BCUT2D eigenvalue weighted by atomic mass is 19.1. The van der Waals surface area contributed by atoms with E-state index in [2.05, 4.69) is 10.6 Å². The summed E-state index contributed by atoms with van der Waals surface area (Å²) in [6.07, 6.45) is 0.375. The molecule has 1 heterocycles. The molecular weight excluding hydrogens is 263 g/mol. The van der Waals surface area contributed by atoms with Crippen molar-refractivity contribution in [1.82, 2.24) is 10.6 Å². The summed E-state index contributed by atoms with van der Waals surface area (Å²) in [6, 6.07) is 6.26. The molecule has 1 aliphatic heterocycles. The van der Waals surface area contributed by atoms with Crippen molar-refractivity contribution in [2.24, 2.45) is 0 Å². The molecule has 6 heteroatoms. The van der Waals surface area contributed by atoms with Gasteiger partial charge in [-0.3, -0.25) is 4.79 Å². The maximum atomic E-state index is 13.2. The number of ether oxygens (including phenoxy) is 2. The number of hydrogen-bond acceptors (Lipinski definition) is 4. The van der Waals surface area contributed by atoms with Gasteiger partial charge < -0.3 is 20.1 Å². The third kappa shape index (κ3) is 4.79. The Morgan fingerprint density at radius 1 is 1.50 bits per heavy atom. The van der Waals surface area contributed by atoms with Gasteiger partial charge in [-0.1, -0.05) is 12.1 Å². The number of morpholine rings is 1. The van der Waals surface area contributed by atoms with Gasteiger partial charge in [0.25, 0.3) is 0 Å². The van der Waals surface area contributed by atoms with Gasteiger partial charge in [-0.15, -0.1) is 0 Å². The predicted octanol–water partition coefficient (Wildman–Crippen LogP) is 0.699. The van der Waals surface area contributed by atoms with E-state index in [1.807, 2.05) is 0 Å². The van der Waals surface area contributed by atoms with Gasteiger partial charge in [0.1, 0.15) is 6.61 Å². The molecule has 0 radical (unpaired) electrons. The lowest BCUT2D eigenvalue weighted by molar-refractivity contribution is -0.122. The van der Waals surface area contributed by atoms with E-state index in [0.717, 1.165) is 6.54 Å². The van der Waals surface area contributed by atoms with Crippen LogP contribution in [-0.2, 0) is 9.53 Å². The molecule has 0 aromatic heterocycles. The largest absolute Gasteiger partial charge is 0.489 e. The van der Waals surface area contributed by atoms with Crippen LogP contribution in [0.5, 0.6) is 5.75 Å². The van der Waals surface area contributed by atoms with Crippen LogP contribution in [0.25, 0.3) is 0 Å². The van der Waals surface area contributed by atoms with Crippen molar-refractivity contribution in [3.63, 3.8) is 0 Å². The van der Waals surface area contributed by atoms with E-state index in [1.165, 1.54) is 6.07 Å². The van der Waals surface area contributed by atoms with Gasteiger partial charge >= 0.3 is 0 Å². The first kappa shape index (κ1) is 14.7. The smallest absolute Gasteiger partial charge is 0.221 e. The Labute approximate surface area is 117 Å². The third-order valence-corrected chi connectivity index (χ3v) is 2.95. The second-order valence-electron chi connectivity index (χ2n) is 4.56. The van der Waals surface area contributed by atoms with Crippen LogP contribution in [0, 0.1) is 5.82 Å². The number of carbonyl (C=O) groups is 1. The number of rotatable bonds is 6. The lowest BCUT2D eigenvalue weighted by Gasteiger charge is -2.23. The molecule has 0 saturated carbocycles. The first-order valence-corrected chi connectivity index (χ1v) is 6.71. The summed E-state index contributed by atoms with van der Waals surface area (Å²) < 4.78 is 23.8. The molecule has 2 N–H and O–H groups in total. The number of halogens is 1. The minimum Gasteiger partial charge on any atom is -0.489 e. The molecule has 1 aromatic rings. The second kappa shape index (κ2) is 7.81. The van der Waals surface area contributed by atoms with Crippen LogP contribution in [0.15, 0.2) is 24.3 Å². The molecule has 2 rings (SSSR count). The van der Waals surface area contributed by atoms with Gasteiger partial charge in [0.15, 0.2) is 11.6 Å². The summed E-state index contributed by atoms with van der Waals surface area (Å²) in [5.74, 6) is -0.267. The number of para-hydroxylation sites is 1. The third-order valence-electron chi connectivity index (χ3n) is 2.95. The molecular formula is C14H19FN2O3. The first-order valence-electron chi connectivity index (χ1n) is 6.71. The van der Waals surface area contributed by atoms with E-state index >= 15 is 0 Å². The van der Waals surface area contributed by atoms with Crippen LogP contribution in [-0.4, -0.2) is 44.9 Å². The molecule has 1 unspecified atom stereocenters. The Kier molecular flexibility index (Phi) is 5.76. The van der Waals surface area contributed by atoms with Gasteiger partial charge in [0.2, 0.25) is 5.91 Å². The van der Waals surface area contributed by atoms with Crippen LogP contribution in [0.1, 0.15) is 6.42 Å². The molecule has 1 amide bonds. The van der Waals surface area contributed by atoms with Crippen LogP contribution >= 0.6 is 0 Å². The van der Waals surface area contributed by atoms with E-state index in [1.54, 1.807) is 18.2 Å². The highest BCUT2D eigenvalue weighted by molar-refractivity contribution is 5.76. The summed E-state index contributed by atoms with van der Waals surface area (Å²) in [6.45, 7) is 2.60. The molecule has 1 atom stereocenters. The molecule has 0 aliphatic carbocycles. The van der Waals surface area contributed by atoms with E-state index < -0.39 is 5.82 Å². The average Bonchev–Trinajstić information content (AvgIpc) is 2.46. The molecule has 1 aliphatic rings. The van der Waals surface area contributed by atoms with Crippen LogP contribution in [0.3, 0.4) is 0 Å². The zero-order valence-corrected chi connectivity index (χ0v) is 11.2. The SMILES string of the molecule is O=C(CC1COCCN1)NCCOc1ccccc1F. The number of amides is 1. The van der Waals surface area contributed by atoms with Crippen molar-refractivity contribution >= 4 is 5.91 Å². The zero-order valence-electron chi connectivity index (χ0n) is 11.2. The van der Waals surface area contributed by atoms with Crippen molar-refractivity contribution in [1.29, 1.82) is 0 Å². The van der Waals surface area contributed by atoms with Crippen LogP contribution in [0.4, 0.5) is 4.39 Å². The van der Waals surface area contributed by atoms with Crippen molar-refractivity contribution < 1.29 is 18.7 Å². The monoisotopic (exact) mass is 282 g/mol. The maximum absolute atomic E-state index is 13.2. The van der Waals surface area contributed by atoms with Gasteiger partial charge in [0.05, 0.1) is 19.8 Å². The standard InChI is InChI=1S/C14H19FN2O3/c15-12-3-1-2-4-13(12)20-8-6-17-14(18)9-11-10-19-7-5-16-11/h1-4,11,16H,5-10H2,(H,17,18). The van der Waals surface area contributed by atoms with Gasteiger partial charge in [0, 0.05) is 19.0 Å². The highest BCUT2D eigenvalue weighted by Crippen LogP contribution is 2.14. The van der Waals surface area contributed by atoms with Crippen LogP contribution < -0.4 is 15.4 Å². The van der Waals surface area contributed by atoms with E-state index in [0.29, 0.717) is 26.2 Å². The molecule has 1 fully saturated rings. The normalized spacial score (nSPS) is 18.6. The Balaban J connectivity index is 1.60. The Morgan fingerprint density at radius 2 is 2.35 bits per heavy atom. The summed E-state index contributed by atoms with van der Waals surface area (Å²) in [7, 11) is 0. The number of benzene rings is 1. The van der Waals surface area contributed by atoms with E-state index in [4.69, 9.17) is 9.47 Å². The topological polar surface area (TPSA) is 59.6 Å². The first-order chi connectivity index (χ1) is 9.75. The lowest BCUT2D eigenvalue weighted by atomic mass is 10.2. The fourth-order valence-corrected chi connectivity index (χ4v) is 1.96. The predicted molar refractivity (Wildman–Crippen MR) is 72.1 cm³/mol. The minimum absolute atomic E-state index is 0.0647. The summed E-state index contributed by atoms with van der Waals surface area (Å²) in [4.78, 5) is 11.7. The van der Waals surface area contributed by atoms with Gasteiger partial charge in [-0.2, -0.15) is 0 Å². The van der Waals surface area contributed by atoms with E-state index in [-0.39, 0.29) is 24.3 Å². The van der Waals surface area contributed by atoms with E-state index in [9.17, 15) is 9.18 Å². The van der Waals surface area contributed by atoms with Crippen molar-refractivity contribution in [3.8, 4) is 5.75 Å². The van der Waals surface area contributed by atoms with Crippen molar-refractivity contribution in [2.75, 3.05) is 32.9 Å². The zero-order chi connectivity index (χ0) is 14.2. The molecule has 0 spiro atoms. The van der Waals surface area contributed by atoms with Crippen molar-refractivity contribution in [3.05, 3.63) is 30.1 Å². The molecule has 110 valence electrons. The fourth-order valence-electron chi connectivity index (χ4n) is 1.96. The summed E-state index contributed by atoms with van der Waals surface area (Å²) in [5.41, 5.74) is 0. The molecule has 1 aromatic carbocycles. The molecule has 5 nitrogen and oxygen atoms in total. The second-order valence-corrected chi connectivity index (χ2v) is 4.56. The van der Waals surface area contributed by atoms with Crippen molar-refractivity contribution in [2.45, 2.75) is 12.5 Å². The Morgan fingerprint density at radius 3 is 3.10 bits per heavy atom. The molecule has 20 heavy (non-hydrogen) atoms.